The Labute approximate surface area is 106 Å². The predicted octanol–water partition coefficient (Wildman–Crippen LogP) is 2.78. The van der Waals surface area contributed by atoms with E-state index in [1.807, 2.05) is 0 Å². The van der Waals surface area contributed by atoms with Gasteiger partial charge in [0, 0.05) is 30.7 Å². The Kier molecular flexibility index (Phi) is 3.20. The zero-order valence-electron chi connectivity index (χ0n) is 11.5. The quantitative estimate of drug-likeness (QED) is 0.810. The topological polar surface area (TPSA) is 15.3 Å². The second kappa shape index (κ2) is 4.55. The molecule has 0 bridgehead atoms. The molecule has 0 amide bonds. The van der Waals surface area contributed by atoms with E-state index in [9.17, 15) is 0 Å². The normalized spacial score (nSPS) is 40.9. The Bertz CT molecular complexity index is 268. The Hall–Kier alpha value is -0.0800. The van der Waals surface area contributed by atoms with E-state index >= 15 is 0 Å². The van der Waals surface area contributed by atoms with Gasteiger partial charge in [-0.05, 0) is 44.9 Å². The highest BCUT2D eigenvalue weighted by Crippen LogP contribution is 2.40. The summed E-state index contributed by atoms with van der Waals surface area (Å²) in [4.78, 5) is 2.91. The molecule has 17 heavy (non-hydrogen) atoms. The third-order valence-electron chi connectivity index (χ3n) is 5.44. The van der Waals surface area contributed by atoms with Crippen molar-refractivity contribution in [3.8, 4) is 0 Å². The van der Waals surface area contributed by atoms with Crippen molar-refractivity contribution in [3.63, 3.8) is 0 Å². The minimum Gasteiger partial charge on any atom is -0.309 e. The van der Waals surface area contributed by atoms with Crippen LogP contribution in [0.25, 0.3) is 0 Å². The SMILES string of the molecule is CCC1(C)CN(C2CCCC2)C(C2CC2)CN1. The van der Waals surface area contributed by atoms with Gasteiger partial charge < -0.3 is 5.32 Å². The van der Waals surface area contributed by atoms with Gasteiger partial charge in [-0.15, -0.1) is 0 Å². The van der Waals surface area contributed by atoms with E-state index < -0.39 is 0 Å². The standard InChI is InChI=1S/C15H28N2/c1-3-15(2)11-17(13-6-4-5-7-13)14(10-16-15)12-8-9-12/h12-14,16H,3-11H2,1-2H3. The number of piperazine rings is 1. The molecule has 2 unspecified atom stereocenters. The fourth-order valence-corrected chi connectivity index (χ4v) is 3.84. The molecule has 3 fully saturated rings. The molecule has 2 saturated carbocycles. The van der Waals surface area contributed by atoms with Gasteiger partial charge in [0.1, 0.15) is 0 Å². The van der Waals surface area contributed by atoms with Crippen molar-refractivity contribution in [3.05, 3.63) is 0 Å². The summed E-state index contributed by atoms with van der Waals surface area (Å²) in [5, 5.41) is 3.83. The maximum absolute atomic E-state index is 3.83. The van der Waals surface area contributed by atoms with Crippen molar-refractivity contribution in [1.82, 2.24) is 10.2 Å². The van der Waals surface area contributed by atoms with Crippen LogP contribution in [0.5, 0.6) is 0 Å². The van der Waals surface area contributed by atoms with Crippen LogP contribution in [0.1, 0.15) is 58.8 Å². The van der Waals surface area contributed by atoms with Gasteiger partial charge in [-0.25, -0.2) is 0 Å². The third kappa shape index (κ3) is 2.39. The molecule has 1 saturated heterocycles. The van der Waals surface area contributed by atoms with Gasteiger partial charge >= 0.3 is 0 Å². The fraction of sp³-hybridized carbons (Fsp3) is 1.00. The summed E-state index contributed by atoms with van der Waals surface area (Å²) in [7, 11) is 0. The van der Waals surface area contributed by atoms with Crippen LogP contribution in [0.15, 0.2) is 0 Å². The van der Waals surface area contributed by atoms with Crippen molar-refractivity contribution in [2.75, 3.05) is 13.1 Å². The molecule has 2 heteroatoms. The lowest BCUT2D eigenvalue weighted by Gasteiger charge is -2.49. The predicted molar refractivity (Wildman–Crippen MR) is 72.2 cm³/mol. The summed E-state index contributed by atoms with van der Waals surface area (Å²) < 4.78 is 0. The maximum Gasteiger partial charge on any atom is 0.0278 e. The summed E-state index contributed by atoms with van der Waals surface area (Å²) in [6.45, 7) is 7.27. The van der Waals surface area contributed by atoms with Crippen LogP contribution >= 0.6 is 0 Å². The highest BCUT2D eigenvalue weighted by Gasteiger charge is 2.44. The Morgan fingerprint density at radius 2 is 1.88 bits per heavy atom. The van der Waals surface area contributed by atoms with Gasteiger partial charge in [0.2, 0.25) is 0 Å². The molecule has 2 nitrogen and oxygen atoms in total. The molecular formula is C15H28N2. The lowest BCUT2D eigenvalue weighted by Crippen LogP contribution is -2.65. The van der Waals surface area contributed by atoms with Crippen molar-refractivity contribution < 1.29 is 0 Å². The van der Waals surface area contributed by atoms with Crippen molar-refractivity contribution in [2.45, 2.75) is 76.4 Å². The molecule has 2 aliphatic carbocycles. The number of hydrogen-bond acceptors (Lipinski definition) is 2. The van der Waals surface area contributed by atoms with Gasteiger partial charge in [-0.1, -0.05) is 19.8 Å². The zero-order valence-corrected chi connectivity index (χ0v) is 11.5. The summed E-state index contributed by atoms with van der Waals surface area (Å²) in [6, 6.07) is 1.77. The zero-order chi connectivity index (χ0) is 11.9. The van der Waals surface area contributed by atoms with Gasteiger partial charge in [0.25, 0.3) is 0 Å². The van der Waals surface area contributed by atoms with Gasteiger partial charge in [-0.3, -0.25) is 4.90 Å². The Morgan fingerprint density at radius 1 is 1.18 bits per heavy atom. The molecule has 1 heterocycles. The average Bonchev–Trinajstić information content (AvgIpc) is 3.04. The van der Waals surface area contributed by atoms with Crippen LogP contribution < -0.4 is 5.32 Å². The van der Waals surface area contributed by atoms with E-state index in [1.165, 1.54) is 58.0 Å². The molecule has 0 aromatic carbocycles. The minimum absolute atomic E-state index is 0.369. The Balaban J connectivity index is 1.72. The molecule has 2 atom stereocenters. The molecule has 0 spiro atoms. The van der Waals surface area contributed by atoms with Crippen LogP contribution in [0, 0.1) is 5.92 Å². The lowest BCUT2D eigenvalue weighted by molar-refractivity contribution is 0.0374. The van der Waals surface area contributed by atoms with Crippen molar-refractivity contribution >= 4 is 0 Å². The van der Waals surface area contributed by atoms with Crippen LogP contribution in [-0.4, -0.2) is 35.6 Å². The molecule has 3 aliphatic rings. The summed E-state index contributed by atoms with van der Waals surface area (Å²) in [6.07, 6.45) is 10.1. The first-order chi connectivity index (χ1) is 8.22. The molecule has 0 aromatic rings. The van der Waals surface area contributed by atoms with Crippen LogP contribution in [0.4, 0.5) is 0 Å². The summed E-state index contributed by atoms with van der Waals surface area (Å²) >= 11 is 0. The molecule has 98 valence electrons. The number of nitrogens with one attached hydrogen (secondary N) is 1. The van der Waals surface area contributed by atoms with E-state index in [2.05, 4.69) is 24.1 Å². The van der Waals surface area contributed by atoms with Crippen molar-refractivity contribution in [2.24, 2.45) is 5.92 Å². The van der Waals surface area contributed by atoms with Gasteiger partial charge in [0.05, 0.1) is 0 Å². The van der Waals surface area contributed by atoms with E-state index in [0.29, 0.717) is 5.54 Å². The molecule has 0 radical (unpaired) electrons. The summed E-state index contributed by atoms with van der Waals surface area (Å²) in [5.74, 6) is 1.02. The highest BCUT2D eigenvalue weighted by molar-refractivity contribution is 5.02. The fourth-order valence-electron chi connectivity index (χ4n) is 3.84. The average molecular weight is 236 g/mol. The smallest absolute Gasteiger partial charge is 0.0278 e. The van der Waals surface area contributed by atoms with Crippen LogP contribution in [0.3, 0.4) is 0 Å². The molecule has 1 N–H and O–H groups in total. The van der Waals surface area contributed by atoms with Crippen LogP contribution in [-0.2, 0) is 0 Å². The number of rotatable bonds is 3. The second-order valence-corrected chi connectivity index (χ2v) is 6.81. The van der Waals surface area contributed by atoms with Crippen LogP contribution in [0.2, 0.25) is 0 Å². The van der Waals surface area contributed by atoms with E-state index in [-0.39, 0.29) is 0 Å². The first-order valence-corrected chi connectivity index (χ1v) is 7.72. The van der Waals surface area contributed by atoms with Gasteiger partial charge in [-0.2, -0.15) is 0 Å². The van der Waals surface area contributed by atoms with E-state index in [4.69, 9.17) is 0 Å². The third-order valence-corrected chi connectivity index (χ3v) is 5.44. The number of nitrogens with zero attached hydrogens (tertiary/aromatic N) is 1. The Morgan fingerprint density at radius 3 is 2.47 bits per heavy atom. The van der Waals surface area contributed by atoms with Gasteiger partial charge in [0.15, 0.2) is 0 Å². The summed E-state index contributed by atoms with van der Waals surface area (Å²) in [5.41, 5.74) is 0.369. The second-order valence-electron chi connectivity index (χ2n) is 6.81. The molecular weight excluding hydrogens is 208 g/mol. The van der Waals surface area contributed by atoms with E-state index in [1.54, 1.807) is 0 Å². The highest BCUT2D eigenvalue weighted by atomic mass is 15.3. The first-order valence-electron chi connectivity index (χ1n) is 7.72. The molecule has 0 aromatic heterocycles. The molecule has 3 rings (SSSR count). The first kappa shape index (κ1) is 12.0. The lowest BCUT2D eigenvalue weighted by atomic mass is 9.90. The minimum atomic E-state index is 0.369. The number of hydrogen-bond donors (Lipinski definition) is 1. The van der Waals surface area contributed by atoms with Crippen molar-refractivity contribution in [1.29, 1.82) is 0 Å². The largest absolute Gasteiger partial charge is 0.309 e. The monoisotopic (exact) mass is 236 g/mol. The molecule has 1 aliphatic heterocycles. The maximum atomic E-state index is 3.83. The van der Waals surface area contributed by atoms with E-state index in [0.717, 1.165) is 18.0 Å².